The van der Waals surface area contributed by atoms with Crippen LogP contribution in [-0.2, 0) is 0 Å². The second-order valence-corrected chi connectivity index (χ2v) is 12.2. The first-order valence-corrected chi connectivity index (χ1v) is 18.4. The third kappa shape index (κ3) is 49.3. The van der Waals surface area contributed by atoms with Crippen molar-refractivity contribution < 1.29 is 10.2 Å². The predicted octanol–water partition coefficient (Wildman–Crippen LogP) is 10.9. The molecule has 0 spiro atoms. The number of rotatable bonds is 28. The lowest BCUT2D eigenvalue weighted by atomic mass is 10.1. The maximum Gasteiger partial charge on any atom is 0.256 e. The third-order valence-corrected chi connectivity index (χ3v) is 7.51. The van der Waals surface area contributed by atoms with Gasteiger partial charge in [0, 0.05) is 13.1 Å². The topological polar surface area (TPSA) is 81.8 Å². The van der Waals surface area contributed by atoms with Crippen molar-refractivity contribution in [3.8, 4) is 0 Å². The lowest BCUT2D eigenvalue weighted by Gasteiger charge is -2.21. The molecule has 0 atom stereocenters. The molecule has 0 saturated heterocycles. The van der Waals surface area contributed by atoms with Gasteiger partial charge in [0.1, 0.15) is 0 Å². The van der Waals surface area contributed by atoms with Crippen LogP contribution in [0.15, 0.2) is 0 Å². The van der Waals surface area contributed by atoms with E-state index in [9.17, 15) is 5.11 Å². The van der Waals surface area contributed by atoms with E-state index in [0.717, 1.165) is 25.9 Å². The highest BCUT2D eigenvalue weighted by Gasteiger charge is 2.07. The maximum atomic E-state index is 9.55. The van der Waals surface area contributed by atoms with E-state index >= 15 is 0 Å². The van der Waals surface area contributed by atoms with Gasteiger partial charge in [0.2, 0.25) is 0 Å². The molecule has 0 radical (unpaired) electrons. The molecule has 5 nitrogen and oxygen atoms in total. The molecule has 41 heavy (non-hydrogen) atoms. The first-order chi connectivity index (χ1) is 19.9. The minimum absolute atomic E-state index is 0.0899. The van der Waals surface area contributed by atoms with Crippen LogP contribution in [0.3, 0.4) is 0 Å². The van der Waals surface area contributed by atoms with Gasteiger partial charge in [-0.25, -0.2) is 0 Å². The van der Waals surface area contributed by atoms with Gasteiger partial charge < -0.3 is 26.2 Å². The zero-order chi connectivity index (χ0) is 31.2. The van der Waals surface area contributed by atoms with Crippen LogP contribution >= 0.6 is 24.4 Å². The molecular weight excluding hydrogens is 547 g/mol. The molecule has 0 aliphatic heterocycles. The number of nitrogens with zero attached hydrogens (tertiary/aromatic N) is 1. The van der Waals surface area contributed by atoms with Gasteiger partial charge in [-0.15, -0.1) is 0 Å². The van der Waals surface area contributed by atoms with Crippen LogP contribution < -0.4 is 11.1 Å². The number of thiocarbonyl (C=S) groups is 2. The standard InChI is InChI=1S/C17H35NOS.C16H35N.CH3NOS/c1-3-5-7-9-11-13-15-18(17(19)20)16-14-12-10-8-6-4-2;1-3-5-7-9-11-13-15-17-16-14-12-10-8-6-4-2;2-1(3)4/h3-16H2,1-2H3,(H,19,20);17H,3-16H2,1-2H3;(H3,2,3,4). The van der Waals surface area contributed by atoms with Crippen molar-refractivity contribution in [2.24, 2.45) is 5.73 Å². The van der Waals surface area contributed by atoms with E-state index in [4.69, 9.17) is 17.3 Å². The Hall–Kier alpha value is -0.660. The van der Waals surface area contributed by atoms with E-state index in [-0.39, 0.29) is 5.17 Å². The molecule has 0 heterocycles. The lowest BCUT2D eigenvalue weighted by molar-refractivity contribution is 0.326. The average molecular weight is 620 g/mol. The Morgan fingerprint density at radius 3 is 1.00 bits per heavy atom. The highest BCUT2D eigenvalue weighted by Crippen LogP contribution is 2.09. The Kier molecular flexibility index (Phi) is 45.3. The molecule has 0 bridgehead atoms. The van der Waals surface area contributed by atoms with Gasteiger partial charge >= 0.3 is 0 Å². The van der Waals surface area contributed by atoms with Crippen LogP contribution in [0.1, 0.15) is 182 Å². The molecular formula is C34H73N3O2S2. The Morgan fingerprint density at radius 1 is 0.488 bits per heavy atom. The van der Waals surface area contributed by atoms with Crippen molar-refractivity contribution in [3.63, 3.8) is 0 Å². The van der Waals surface area contributed by atoms with Gasteiger partial charge in [0.05, 0.1) is 0 Å². The molecule has 0 fully saturated rings. The van der Waals surface area contributed by atoms with Gasteiger partial charge in [0.15, 0.2) is 0 Å². The molecule has 0 amide bonds. The molecule has 0 aromatic carbocycles. The largest absolute Gasteiger partial charge is 0.487 e. The van der Waals surface area contributed by atoms with E-state index in [0.29, 0.717) is 0 Å². The Labute approximate surface area is 268 Å². The van der Waals surface area contributed by atoms with Crippen LogP contribution in [0, 0.1) is 0 Å². The lowest BCUT2D eigenvalue weighted by Crippen LogP contribution is -2.31. The number of hydrogen-bond acceptors (Lipinski definition) is 3. The zero-order valence-electron chi connectivity index (χ0n) is 28.0. The molecule has 0 aliphatic rings. The summed E-state index contributed by atoms with van der Waals surface area (Å²) >= 11 is 8.81. The second kappa shape index (κ2) is 41.5. The fourth-order valence-corrected chi connectivity index (χ4v) is 4.84. The first kappa shape index (κ1) is 44.8. The molecule has 0 aliphatic carbocycles. The van der Waals surface area contributed by atoms with Gasteiger partial charge in [-0.2, -0.15) is 0 Å². The average Bonchev–Trinajstić information content (AvgIpc) is 2.93. The Bertz CT molecular complexity index is 476. The van der Waals surface area contributed by atoms with Crippen LogP contribution in [0.5, 0.6) is 0 Å². The normalized spacial score (nSPS) is 10.3. The third-order valence-electron chi connectivity index (χ3n) is 7.25. The Balaban J connectivity index is -0.000000628. The van der Waals surface area contributed by atoms with Crippen LogP contribution in [0.2, 0.25) is 0 Å². The van der Waals surface area contributed by atoms with Crippen molar-refractivity contribution in [1.29, 1.82) is 0 Å². The highest BCUT2D eigenvalue weighted by atomic mass is 32.1. The summed E-state index contributed by atoms with van der Waals surface area (Å²) in [4.78, 5) is 1.98. The monoisotopic (exact) mass is 620 g/mol. The fraction of sp³-hybridized carbons (Fsp3) is 0.941. The van der Waals surface area contributed by atoms with Crippen LogP contribution in [0.25, 0.3) is 0 Å². The van der Waals surface area contributed by atoms with E-state index in [2.05, 4.69) is 51.0 Å². The van der Waals surface area contributed by atoms with E-state index in [1.165, 1.54) is 154 Å². The number of hydrogen-bond donors (Lipinski definition) is 4. The predicted molar refractivity (Wildman–Crippen MR) is 193 cm³/mol. The summed E-state index contributed by atoms with van der Waals surface area (Å²) in [6.45, 7) is 13.4. The second-order valence-electron chi connectivity index (χ2n) is 11.4. The molecule has 0 aromatic heterocycles. The first-order valence-electron chi connectivity index (χ1n) is 17.5. The fourth-order valence-electron chi connectivity index (χ4n) is 4.65. The summed E-state index contributed by atoms with van der Waals surface area (Å²) in [5.74, 6) is 0. The van der Waals surface area contributed by atoms with Gasteiger partial charge in [-0.05, 0) is 63.2 Å². The maximum absolute atomic E-state index is 9.55. The number of aliphatic hydroxyl groups excluding tert-OH is 2. The summed E-state index contributed by atoms with van der Waals surface area (Å²) in [6.07, 6.45) is 32.3. The molecule has 0 saturated carbocycles. The van der Waals surface area contributed by atoms with Crippen molar-refractivity contribution in [3.05, 3.63) is 0 Å². The number of aliphatic hydroxyl groups is 2. The van der Waals surface area contributed by atoms with Crippen molar-refractivity contribution in [2.45, 2.75) is 182 Å². The minimum atomic E-state index is -0.500. The van der Waals surface area contributed by atoms with Gasteiger partial charge in [0.25, 0.3) is 10.3 Å². The molecule has 7 heteroatoms. The van der Waals surface area contributed by atoms with Crippen molar-refractivity contribution in [1.82, 2.24) is 10.2 Å². The quantitative estimate of drug-likeness (QED) is 0.0512. The van der Waals surface area contributed by atoms with Crippen LogP contribution in [-0.4, -0.2) is 51.6 Å². The van der Waals surface area contributed by atoms with E-state index in [1.807, 2.05) is 4.90 Å². The number of unbranched alkanes of at least 4 members (excludes halogenated alkanes) is 20. The van der Waals surface area contributed by atoms with Crippen LogP contribution in [0.4, 0.5) is 0 Å². The zero-order valence-corrected chi connectivity index (χ0v) is 29.7. The summed E-state index contributed by atoms with van der Waals surface area (Å²) in [5.41, 5.74) is 4.40. The summed E-state index contributed by atoms with van der Waals surface area (Å²) in [6, 6.07) is 0. The Morgan fingerprint density at radius 2 is 0.732 bits per heavy atom. The summed E-state index contributed by atoms with van der Waals surface area (Å²) in [7, 11) is 0. The van der Waals surface area contributed by atoms with E-state index < -0.39 is 5.17 Å². The number of nitrogens with one attached hydrogen (secondary N) is 1. The molecule has 5 N–H and O–H groups in total. The minimum Gasteiger partial charge on any atom is -0.487 e. The molecule has 0 aromatic rings. The SMILES string of the molecule is CCCCCCCCN(CCCCCCCC)C(O)=S.CCCCCCCCNCCCCCCCC.NC(O)=S. The van der Waals surface area contributed by atoms with Crippen molar-refractivity contribution in [2.75, 3.05) is 26.2 Å². The summed E-state index contributed by atoms with van der Waals surface area (Å²) in [5, 5.41) is 20.3. The van der Waals surface area contributed by atoms with Gasteiger partial charge in [-0.1, -0.05) is 156 Å². The smallest absolute Gasteiger partial charge is 0.256 e. The van der Waals surface area contributed by atoms with Crippen molar-refractivity contribution >= 4 is 34.8 Å². The highest BCUT2D eigenvalue weighted by molar-refractivity contribution is 7.80. The number of nitrogens with two attached hydrogens (primary N) is 1. The van der Waals surface area contributed by atoms with Gasteiger partial charge in [-0.3, -0.25) is 0 Å². The molecule has 0 unspecified atom stereocenters. The summed E-state index contributed by atoms with van der Waals surface area (Å²) < 4.78 is 0. The molecule has 248 valence electrons. The molecule has 0 rings (SSSR count). The van der Waals surface area contributed by atoms with E-state index in [1.54, 1.807) is 0 Å².